The van der Waals surface area contributed by atoms with Gasteiger partial charge in [-0.2, -0.15) is 0 Å². The highest BCUT2D eigenvalue weighted by atomic mass is 16.1. The molecule has 0 unspecified atom stereocenters. The molecule has 132 valence electrons. The molecule has 4 rings (SSSR count). The van der Waals surface area contributed by atoms with E-state index in [9.17, 15) is 4.79 Å². The lowest BCUT2D eigenvalue weighted by atomic mass is 9.71. The predicted molar refractivity (Wildman–Crippen MR) is 102 cm³/mol. The van der Waals surface area contributed by atoms with Gasteiger partial charge in [0.05, 0.1) is 0 Å². The van der Waals surface area contributed by atoms with E-state index >= 15 is 0 Å². The minimum atomic E-state index is -0.176. The molecule has 1 aliphatic carbocycles. The van der Waals surface area contributed by atoms with Gasteiger partial charge in [-0.3, -0.25) is 9.69 Å². The van der Waals surface area contributed by atoms with Crippen LogP contribution < -0.4 is 5.73 Å². The van der Waals surface area contributed by atoms with E-state index in [1.807, 2.05) is 6.08 Å². The Kier molecular flexibility index (Phi) is 4.16. The van der Waals surface area contributed by atoms with Gasteiger partial charge >= 0.3 is 0 Å². The molecule has 2 aromatic rings. The number of fused-ring (bicyclic) bond motifs is 2. The van der Waals surface area contributed by atoms with Gasteiger partial charge in [-0.05, 0) is 55.0 Å². The third kappa shape index (κ3) is 2.69. The number of benzene rings is 1. The highest BCUT2D eigenvalue weighted by molar-refractivity contribution is 5.91. The van der Waals surface area contributed by atoms with Crippen LogP contribution >= 0.6 is 0 Å². The van der Waals surface area contributed by atoms with Gasteiger partial charge in [-0.15, -0.1) is 0 Å². The van der Waals surface area contributed by atoms with Gasteiger partial charge in [0, 0.05) is 41.5 Å². The minimum Gasteiger partial charge on any atom is -0.370 e. The number of aromatic nitrogens is 1. The average Bonchev–Trinajstić information content (AvgIpc) is 2.95. The summed E-state index contributed by atoms with van der Waals surface area (Å²) in [6.07, 6.45) is 5.69. The summed E-state index contributed by atoms with van der Waals surface area (Å²) in [4.78, 5) is 17.6. The van der Waals surface area contributed by atoms with Crippen LogP contribution in [0.2, 0.25) is 0 Å². The van der Waals surface area contributed by atoms with Gasteiger partial charge in [-0.1, -0.05) is 25.6 Å². The number of nitrogens with zero attached hydrogens (tertiary/aromatic N) is 1. The Balaban J connectivity index is 1.80. The first-order valence-electron chi connectivity index (χ1n) is 9.40. The lowest BCUT2D eigenvalue weighted by Crippen LogP contribution is -2.50. The molecule has 1 aliphatic heterocycles. The SMILES string of the molecule is C=Cc1[nH]c2cccc3c2c1C[C@@H]1[C@@H]3C[C@@H](CC(N)=O)CN1CCC. The second kappa shape index (κ2) is 6.34. The summed E-state index contributed by atoms with van der Waals surface area (Å²) in [5.41, 5.74) is 10.7. The van der Waals surface area contributed by atoms with Crippen LogP contribution in [0.1, 0.15) is 48.9 Å². The van der Waals surface area contributed by atoms with Gasteiger partial charge in [0.1, 0.15) is 0 Å². The maximum atomic E-state index is 11.5. The quantitative estimate of drug-likeness (QED) is 0.878. The first kappa shape index (κ1) is 16.4. The number of primary amides is 1. The highest BCUT2D eigenvalue weighted by Crippen LogP contribution is 2.46. The van der Waals surface area contributed by atoms with Crippen LogP contribution in [0, 0.1) is 5.92 Å². The molecule has 1 amide bonds. The molecule has 25 heavy (non-hydrogen) atoms. The normalized spacial score (nSPS) is 25.7. The smallest absolute Gasteiger partial charge is 0.217 e. The summed E-state index contributed by atoms with van der Waals surface area (Å²) in [7, 11) is 0. The number of nitrogens with one attached hydrogen (secondary N) is 1. The van der Waals surface area contributed by atoms with Gasteiger partial charge in [-0.25, -0.2) is 0 Å². The van der Waals surface area contributed by atoms with Gasteiger partial charge in [0.15, 0.2) is 0 Å². The Morgan fingerprint density at radius 2 is 2.32 bits per heavy atom. The molecule has 4 nitrogen and oxygen atoms in total. The third-order valence-electron chi connectivity index (χ3n) is 6.02. The second-order valence-electron chi connectivity index (χ2n) is 7.64. The van der Waals surface area contributed by atoms with E-state index < -0.39 is 0 Å². The Hall–Kier alpha value is -2.07. The number of hydrogen-bond acceptors (Lipinski definition) is 2. The van der Waals surface area contributed by atoms with Crippen LogP contribution in [0.4, 0.5) is 0 Å². The molecule has 0 saturated carbocycles. The molecular formula is C21H27N3O. The largest absolute Gasteiger partial charge is 0.370 e. The molecule has 4 heteroatoms. The Bertz CT molecular complexity index is 822. The summed E-state index contributed by atoms with van der Waals surface area (Å²) in [6, 6.07) is 7.09. The zero-order valence-electron chi connectivity index (χ0n) is 14.9. The van der Waals surface area contributed by atoms with Crippen molar-refractivity contribution >= 4 is 22.9 Å². The summed E-state index contributed by atoms with van der Waals surface area (Å²) in [5.74, 6) is 0.666. The fourth-order valence-electron chi connectivity index (χ4n) is 5.17. The molecule has 2 aliphatic rings. The number of amides is 1. The molecule has 2 heterocycles. The van der Waals surface area contributed by atoms with Gasteiger partial charge in [0.2, 0.25) is 5.91 Å². The van der Waals surface area contributed by atoms with Crippen LogP contribution in [-0.4, -0.2) is 34.9 Å². The number of likely N-dealkylation sites (tertiary alicyclic amines) is 1. The summed E-state index contributed by atoms with van der Waals surface area (Å²) in [5, 5.41) is 1.38. The van der Waals surface area contributed by atoms with Crippen molar-refractivity contribution < 1.29 is 4.79 Å². The van der Waals surface area contributed by atoms with E-state index in [0.717, 1.165) is 38.0 Å². The lowest BCUT2D eigenvalue weighted by molar-refractivity contribution is -0.119. The van der Waals surface area contributed by atoms with Crippen LogP contribution in [0.25, 0.3) is 17.0 Å². The van der Waals surface area contributed by atoms with Gasteiger partial charge in [0.25, 0.3) is 0 Å². The fourth-order valence-corrected chi connectivity index (χ4v) is 5.17. The number of carbonyl (C=O) groups is 1. The molecule has 1 fully saturated rings. The zero-order chi connectivity index (χ0) is 17.6. The van der Waals surface area contributed by atoms with Crippen molar-refractivity contribution in [2.24, 2.45) is 11.7 Å². The van der Waals surface area contributed by atoms with Crippen LogP contribution in [0.3, 0.4) is 0 Å². The number of nitrogens with two attached hydrogens (primary N) is 1. The van der Waals surface area contributed by atoms with E-state index in [0.29, 0.717) is 24.3 Å². The molecule has 1 aromatic carbocycles. The maximum Gasteiger partial charge on any atom is 0.217 e. The first-order chi connectivity index (χ1) is 12.1. The molecule has 3 N–H and O–H groups in total. The second-order valence-corrected chi connectivity index (χ2v) is 7.64. The molecule has 0 radical (unpaired) electrons. The number of aromatic amines is 1. The number of piperidine rings is 1. The Morgan fingerprint density at radius 1 is 1.48 bits per heavy atom. The van der Waals surface area contributed by atoms with Crippen molar-refractivity contribution in [2.45, 2.75) is 44.6 Å². The molecular weight excluding hydrogens is 310 g/mol. The minimum absolute atomic E-state index is 0.176. The van der Waals surface area contributed by atoms with Crippen LogP contribution in [-0.2, 0) is 11.2 Å². The van der Waals surface area contributed by atoms with E-state index in [2.05, 4.69) is 41.6 Å². The van der Waals surface area contributed by atoms with Crippen molar-refractivity contribution in [3.63, 3.8) is 0 Å². The standard InChI is InChI=1S/C21H27N3O/c1-3-8-24-12-13(10-20(22)25)9-15-14-6-5-7-18-21(14)16(11-19(15)24)17(4-2)23-18/h4-7,13,15,19,23H,2-3,8-12H2,1H3,(H2,22,25)/t13-,15+,19+/m0/s1. The monoisotopic (exact) mass is 337 g/mol. The molecule has 1 saturated heterocycles. The topological polar surface area (TPSA) is 62.1 Å². The zero-order valence-corrected chi connectivity index (χ0v) is 14.9. The average molecular weight is 337 g/mol. The van der Waals surface area contributed by atoms with Gasteiger partial charge < -0.3 is 10.7 Å². The summed E-state index contributed by atoms with van der Waals surface area (Å²) < 4.78 is 0. The first-order valence-corrected chi connectivity index (χ1v) is 9.40. The highest BCUT2D eigenvalue weighted by Gasteiger charge is 2.41. The van der Waals surface area contributed by atoms with Crippen molar-refractivity contribution in [3.8, 4) is 0 Å². The number of rotatable bonds is 5. The van der Waals surface area contributed by atoms with E-state index in [-0.39, 0.29) is 5.91 Å². The van der Waals surface area contributed by atoms with Crippen molar-refractivity contribution in [1.82, 2.24) is 9.88 Å². The number of hydrogen-bond donors (Lipinski definition) is 2. The van der Waals surface area contributed by atoms with E-state index in [1.165, 1.54) is 22.0 Å². The van der Waals surface area contributed by atoms with Crippen molar-refractivity contribution in [3.05, 3.63) is 41.6 Å². The van der Waals surface area contributed by atoms with E-state index in [1.54, 1.807) is 0 Å². The number of carbonyl (C=O) groups excluding carboxylic acids is 1. The van der Waals surface area contributed by atoms with Crippen molar-refractivity contribution in [1.29, 1.82) is 0 Å². The Labute approximate surface area is 149 Å². The molecule has 1 aromatic heterocycles. The molecule has 0 spiro atoms. The summed E-state index contributed by atoms with van der Waals surface area (Å²) >= 11 is 0. The lowest BCUT2D eigenvalue weighted by Gasteiger charge is -2.47. The van der Waals surface area contributed by atoms with Crippen LogP contribution in [0.5, 0.6) is 0 Å². The fraction of sp³-hybridized carbons (Fsp3) is 0.476. The molecule has 3 atom stereocenters. The van der Waals surface area contributed by atoms with Crippen molar-refractivity contribution in [2.75, 3.05) is 13.1 Å². The van der Waals surface area contributed by atoms with Crippen LogP contribution in [0.15, 0.2) is 24.8 Å². The molecule has 0 bridgehead atoms. The summed E-state index contributed by atoms with van der Waals surface area (Å²) in [6.45, 7) is 8.29. The number of H-pyrrole nitrogens is 1. The third-order valence-corrected chi connectivity index (χ3v) is 6.02. The maximum absolute atomic E-state index is 11.5. The predicted octanol–water partition coefficient (Wildman–Crippen LogP) is 3.43. The Morgan fingerprint density at radius 3 is 3.04 bits per heavy atom. The van der Waals surface area contributed by atoms with E-state index in [4.69, 9.17) is 5.73 Å².